The number of rotatable bonds is 4. The van der Waals surface area contributed by atoms with Crippen molar-refractivity contribution in [2.45, 2.75) is 44.2 Å². The summed E-state index contributed by atoms with van der Waals surface area (Å²) in [7, 11) is 2.01. The Bertz CT molecular complexity index is 1050. The molecule has 1 aromatic carbocycles. The van der Waals surface area contributed by atoms with Crippen molar-refractivity contribution in [1.29, 1.82) is 0 Å². The van der Waals surface area contributed by atoms with Gasteiger partial charge in [0.1, 0.15) is 11.6 Å². The lowest BCUT2D eigenvalue weighted by Crippen LogP contribution is -2.49. The number of hydrogen-bond donors (Lipinski definition) is 1. The molecule has 9 heteroatoms. The quantitative estimate of drug-likeness (QED) is 0.715. The number of hydrogen-bond acceptors (Lipinski definition) is 5. The minimum Gasteiger partial charge on any atom is -0.381 e. The molecule has 1 N–H and O–H groups in total. The Morgan fingerprint density at radius 3 is 2.91 bits per heavy atom. The molecule has 2 aromatic rings. The number of likely N-dealkylation sites (tertiary alicyclic amines) is 1. The van der Waals surface area contributed by atoms with E-state index in [2.05, 4.69) is 15.2 Å². The van der Waals surface area contributed by atoms with Gasteiger partial charge in [-0.05, 0) is 55.5 Å². The topological polar surface area (TPSA) is 70.6 Å². The Labute approximate surface area is 204 Å². The van der Waals surface area contributed by atoms with Crippen molar-refractivity contribution in [2.75, 3.05) is 39.9 Å². The van der Waals surface area contributed by atoms with E-state index in [0.29, 0.717) is 25.6 Å². The lowest BCUT2D eigenvalue weighted by molar-refractivity contribution is 0.0659. The molecule has 1 unspecified atom stereocenters. The van der Waals surface area contributed by atoms with Crippen LogP contribution in [0.25, 0.3) is 0 Å². The largest absolute Gasteiger partial charge is 0.381 e. The van der Waals surface area contributed by atoms with Crippen molar-refractivity contribution >= 4 is 17.6 Å². The molecule has 2 amide bonds. The van der Waals surface area contributed by atoms with Gasteiger partial charge in [0.2, 0.25) is 0 Å². The second-order valence-electron chi connectivity index (χ2n) is 9.75. The lowest BCUT2D eigenvalue weighted by Gasteiger charge is -2.31. The third-order valence-electron chi connectivity index (χ3n) is 7.28. The van der Waals surface area contributed by atoms with Gasteiger partial charge in [0.15, 0.2) is 0 Å². The van der Waals surface area contributed by atoms with Crippen LogP contribution < -0.4 is 5.32 Å². The van der Waals surface area contributed by atoms with Gasteiger partial charge in [0.05, 0.1) is 23.3 Å². The summed E-state index contributed by atoms with van der Waals surface area (Å²) < 4.78 is 19.5. The third kappa shape index (κ3) is 5.19. The van der Waals surface area contributed by atoms with Crippen LogP contribution in [0, 0.1) is 11.7 Å². The summed E-state index contributed by atoms with van der Waals surface area (Å²) in [4.78, 5) is 26.6. The molecule has 0 aliphatic carbocycles. The minimum absolute atomic E-state index is 0.00574. The molecule has 0 bridgehead atoms. The number of likely N-dealkylation sites (N-methyl/N-ethyl adjacent to an activating group) is 1. The van der Waals surface area contributed by atoms with Crippen molar-refractivity contribution in [3.63, 3.8) is 0 Å². The van der Waals surface area contributed by atoms with E-state index in [4.69, 9.17) is 21.3 Å². The summed E-state index contributed by atoms with van der Waals surface area (Å²) in [5, 5.41) is 3.32. The predicted molar refractivity (Wildman–Crippen MR) is 127 cm³/mol. The molecular weight excluding hydrogens is 457 g/mol. The van der Waals surface area contributed by atoms with Crippen LogP contribution in [0.1, 0.15) is 41.4 Å². The summed E-state index contributed by atoms with van der Waals surface area (Å²) in [6, 6.07) is 4.72. The summed E-state index contributed by atoms with van der Waals surface area (Å²) in [6.45, 7) is 4.19. The smallest absolute Gasteiger partial charge is 0.318 e. The molecule has 2 fully saturated rings. The van der Waals surface area contributed by atoms with Crippen molar-refractivity contribution in [2.24, 2.45) is 5.92 Å². The molecule has 3 aliphatic heterocycles. The molecule has 2 saturated heterocycles. The Morgan fingerprint density at radius 2 is 2.12 bits per heavy atom. The number of carbonyl (C=O) groups excluding carboxylic acids is 1. The van der Waals surface area contributed by atoms with E-state index in [9.17, 15) is 9.18 Å². The Kier molecular flexibility index (Phi) is 6.99. The molecule has 0 spiro atoms. The predicted octanol–water partition coefficient (Wildman–Crippen LogP) is 3.40. The Hall–Kier alpha value is -2.29. The van der Waals surface area contributed by atoms with Gasteiger partial charge in [-0.15, -0.1) is 0 Å². The number of amides is 2. The first-order valence-electron chi connectivity index (χ1n) is 12.1. The number of nitrogens with one attached hydrogen (secondary N) is 1. The molecule has 0 radical (unpaired) electrons. The van der Waals surface area contributed by atoms with Crippen molar-refractivity contribution in [3.05, 3.63) is 57.9 Å². The second kappa shape index (κ2) is 10.1. The lowest BCUT2D eigenvalue weighted by atomic mass is 9.94. The number of urea groups is 1. The fraction of sp³-hybridized carbons (Fsp3) is 0.560. The molecule has 4 heterocycles. The zero-order valence-corrected chi connectivity index (χ0v) is 20.2. The number of carbonyl (C=O) groups is 1. The van der Waals surface area contributed by atoms with E-state index in [1.54, 1.807) is 6.07 Å². The molecule has 34 heavy (non-hydrogen) atoms. The zero-order chi connectivity index (χ0) is 23.7. The molecule has 2 atom stereocenters. The first-order valence-corrected chi connectivity index (χ1v) is 12.4. The van der Waals surface area contributed by atoms with E-state index in [1.165, 1.54) is 6.07 Å². The van der Waals surface area contributed by atoms with E-state index in [1.807, 2.05) is 24.2 Å². The van der Waals surface area contributed by atoms with E-state index in [0.717, 1.165) is 68.1 Å². The maximum absolute atomic E-state index is 14.1. The maximum atomic E-state index is 14.1. The van der Waals surface area contributed by atoms with Gasteiger partial charge in [0.25, 0.3) is 0 Å². The van der Waals surface area contributed by atoms with E-state index < -0.39 is 5.82 Å². The van der Waals surface area contributed by atoms with Crippen LogP contribution in [-0.4, -0.2) is 71.7 Å². The molecule has 0 saturated carbocycles. The fourth-order valence-electron chi connectivity index (χ4n) is 5.30. The fourth-order valence-corrected chi connectivity index (χ4v) is 5.42. The first kappa shape index (κ1) is 23.5. The normalized spacial score (nSPS) is 23.7. The number of fused-ring (bicyclic) bond motifs is 1. The van der Waals surface area contributed by atoms with Crippen LogP contribution >= 0.6 is 11.6 Å². The minimum atomic E-state index is -0.428. The van der Waals surface area contributed by atoms with Crippen molar-refractivity contribution < 1.29 is 13.9 Å². The number of halogens is 2. The van der Waals surface area contributed by atoms with Crippen LogP contribution in [0.3, 0.4) is 0 Å². The zero-order valence-electron chi connectivity index (χ0n) is 19.5. The van der Waals surface area contributed by atoms with Crippen molar-refractivity contribution in [3.8, 4) is 0 Å². The highest BCUT2D eigenvalue weighted by molar-refractivity contribution is 6.30. The average Bonchev–Trinajstić information content (AvgIpc) is 3.20. The van der Waals surface area contributed by atoms with Crippen LogP contribution in [0.2, 0.25) is 5.02 Å². The van der Waals surface area contributed by atoms with E-state index >= 15 is 0 Å². The Balaban J connectivity index is 1.24. The number of nitrogens with zero attached hydrogens (tertiary/aromatic N) is 4. The maximum Gasteiger partial charge on any atom is 0.318 e. The summed E-state index contributed by atoms with van der Waals surface area (Å²) in [5.74, 6) is 0.993. The van der Waals surface area contributed by atoms with Crippen LogP contribution in [0.15, 0.2) is 24.4 Å². The van der Waals surface area contributed by atoms with Gasteiger partial charge < -0.3 is 19.9 Å². The average molecular weight is 488 g/mol. The highest BCUT2D eigenvalue weighted by Gasteiger charge is 2.35. The molecule has 182 valence electrons. The van der Waals surface area contributed by atoms with Gasteiger partial charge in [-0.2, -0.15) is 0 Å². The number of benzene rings is 1. The second-order valence-corrected chi connectivity index (χ2v) is 10.2. The molecule has 7 nitrogen and oxygen atoms in total. The molecular formula is C25H31ClFN5O2. The van der Waals surface area contributed by atoms with Gasteiger partial charge >= 0.3 is 6.03 Å². The van der Waals surface area contributed by atoms with Gasteiger partial charge in [-0.1, -0.05) is 17.7 Å². The van der Waals surface area contributed by atoms with Crippen molar-refractivity contribution in [1.82, 2.24) is 25.1 Å². The standard InChI is InChI=1S/C25H31ClFN5O2/c1-31-13-19(17-2-3-20(26)21(27)11-17)23(14-31)30-25(33)32-7-4-18-12-28-24(29-22(18)15-32)10-16-5-8-34-9-6-16/h2-3,11-12,16,19,23H,4-10,13-15H2,1H3,(H,30,33)/t19-,23?/m0/s1. The number of aromatic nitrogens is 2. The van der Waals surface area contributed by atoms with Gasteiger partial charge in [-0.3, -0.25) is 0 Å². The molecule has 5 rings (SSSR count). The number of ether oxygens (including phenoxy) is 1. The van der Waals surface area contributed by atoms with Gasteiger partial charge in [0, 0.05) is 51.4 Å². The van der Waals surface area contributed by atoms with Gasteiger partial charge in [-0.25, -0.2) is 19.2 Å². The highest BCUT2D eigenvalue weighted by Crippen LogP contribution is 2.30. The summed E-state index contributed by atoms with van der Waals surface area (Å²) in [6.07, 6.45) is 5.63. The third-order valence-corrected chi connectivity index (χ3v) is 7.58. The monoisotopic (exact) mass is 487 g/mol. The molecule has 3 aliphatic rings. The van der Waals surface area contributed by atoms with E-state index in [-0.39, 0.29) is 23.0 Å². The highest BCUT2D eigenvalue weighted by atomic mass is 35.5. The van der Waals surface area contributed by atoms with Crippen LogP contribution in [0.4, 0.5) is 9.18 Å². The SMILES string of the molecule is CN1CC(NC(=O)N2CCc3cnc(CC4CCOCC4)nc3C2)[C@H](c2ccc(Cl)c(F)c2)C1. The Morgan fingerprint density at radius 1 is 1.29 bits per heavy atom. The summed E-state index contributed by atoms with van der Waals surface area (Å²) >= 11 is 5.87. The molecule has 1 aromatic heterocycles. The van der Waals surface area contributed by atoms with Crippen LogP contribution in [-0.2, 0) is 24.1 Å². The van der Waals surface area contributed by atoms with Crippen LogP contribution in [0.5, 0.6) is 0 Å². The summed E-state index contributed by atoms with van der Waals surface area (Å²) in [5.41, 5.74) is 2.92. The first-order chi connectivity index (χ1) is 16.5.